The van der Waals surface area contributed by atoms with Crippen molar-refractivity contribution in [2.24, 2.45) is 17.6 Å². The summed E-state index contributed by atoms with van der Waals surface area (Å²) >= 11 is 1.61. The summed E-state index contributed by atoms with van der Waals surface area (Å²) in [5, 5.41) is 3.00. The fourth-order valence-corrected chi connectivity index (χ4v) is 5.25. The summed E-state index contributed by atoms with van der Waals surface area (Å²) in [5.74, 6) is -1.82. The first-order chi connectivity index (χ1) is 16.1. The zero-order chi connectivity index (χ0) is 25.0. The number of thiazole rings is 1. The van der Waals surface area contributed by atoms with E-state index in [0.29, 0.717) is 25.2 Å². The van der Waals surface area contributed by atoms with Gasteiger partial charge in [0.15, 0.2) is 5.78 Å². The van der Waals surface area contributed by atoms with Crippen molar-refractivity contribution in [2.75, 3.05) is 6.54 Å². The molecule has 1 aromatic heterocycles. The van der Waals surface area contributed by atoms with Gasteiger partial charge in [-0.2, -0.15) is 0 Å². The zero-order valence-electron chi connectivity index (χ0n) is 20.6. The maximum Gasteiger partial charge on any atom is 0.243 e. The number of nitrogens with zero attached hydrogens (tertiary/aromatic N) is 2. The molecule has 0 spiro atoms. The molecule has 2 heterocycles. The molecule has 182 valence electrons. The quantitative estimate of drug-likeness (QED) is 0.440. The fourth-order valence-electron chi connectivity index (χ4n) is 4.45. The first-order valence-electron chi connectivity index (χ1n) is 11.7. The minimum absolute atomic E-state index is 0.187. The number of hydrogen-bond donors (Lipinski definition) is 2. The molecule has 8 heteroatoms. The average Bonchev–Trinajstić information content (AvgIpc) is 3.41. The Balaban J connectivity index is 1.68. The lowest BCUT2D eigenvalue weighted by atomic mass is 9.89. The van der Waals surface area contributed by atoms with Crippen molar-refractivity contribution in [1.29, 1.82) is 0 Å². The van der Waals surface area contributed by atoms with Crippen molar-refractivity contribution >= 4 is 28.9 Å². The molecule has 1 unspecified atom stereocenters. The first-order valence-corrected chi connectivity index (χ1v) is 12.5. The van der Waals surface area contributed by atoms with Crippen molar-refractivity contribution in [1.82, 2.24) is 15.2 Å². The minimum atomic E-state index is -0.836. The lowest BCUT2D eigenvalue weighted by Gasteiger charge is -2.29. The van der Waals surface area contributed by atoms with Crippen LogP contribution in [0.3, 0.4) is 0 Å². The lowest BCUT2D eigenvalue weighted by molar-refractivity contribution is -0.146. The highest BCUT2D eigenvalue weighted by atomic mass is 32.1. The fraction of sp³-hybridized carbons (Fsp3) is 0.462. The van der Waals surface area contributed by atoms with E-state index in [0.717, 1.165) is 33.7 Å². The highest BCUT2D eigenvalue weighted by Gasteiger charge is 2.40. The maximum absolute atomic E-state index is 13.3. The Bertz CT molecular complexity index is 1100. The van der Waals surface area contributed by atoms with Crippen LogP contribution in [0, 0.1) is 25.7 Å². The number of hydrogen-bond acceptors (Lipinski definition) is 6. The van der Waals surface area contributed by atoms with Crippen molar-refractivity contribution in [3.05, 3.63) is 52.3 Å². The molecule has 1 fully saturated rings. The van der Waals surface area contributed by atoms with Crippen LogP contribution in [0.15, 0.2) is 35.5 Å². The largest absolute Gasteiger partial charge is 0.402 e. The monoisotopic (exact) mass is 482 g/mol. The molecule has 1 aliphatic heterocycles. The number of aryl methyl sites for hydroxylation is 2. The second kappa shape index (κ2) is 11.0. The normalized spacial score (nSPS) is 17.2. The van der Waals surface area contributed by atoms with Gasteiger partial charge in [0.1, 0.15) is 12.0 Å². The third-order valence-corrected chi connectivity index (χ3v) is 7.23. The zero-order valence-corrected chi connectivity index (χ0v) is 21.4. The molecule has 3 rings (SSSR count). The van der Waals surface area contributed by atoms with Gasteiger partial charge < -0.3 is 16.0 Å². The molecule has 2 aromatic rings. The number of ketones is 1. The van der Waals surface area contributed by atoms with Crippen molar-refractivity contribution in [3.63, 3.8) is 0 Å². The van der Waals surface area contributed by atoms with E-state index in [2.05, 4.69) is 16.4 Å². The molecule has 0 bridgehead atoms. The SMILES string of the molecule is CC(N)=CC(=O)C(C(=O)N1CCC[C@H]1C(=O)NCc1ccc(-c2scnc2C)cc1C)C(C)C. The van der Waals surface area contributed by atoms with Crippen molar-refractivity contribution < 1.29 is 14.4 Å². The predicted molar refractivity (Wildman–Crippen MR) is 135 cm³/mol. The van der Waals surface area contributed by atoms with E-state index in [4.69, 9.17) is 5.73 Å². The number of benzene rings is 1. The van der Waals surface area contributed by atoms with Crippen LogP contribution >= 0.6 is 11.3 Å². The number of carbonyl (C=O) groups is 3. The van der Waals surface area contributed by atoms with Gasteiger partial charge in [-0.1, -0.05) is 32.0 Å². The standard InChI is InChI=1S/C26H34N4O3S/c1-15(2)23(22(31)12-17(4)27)26(33)30-10-6-7-21(30)25(32)28-13-20-9-8-19(11-16(20)3)24-18(5)29-14-34-24/h8-9,11-12,14-15,21,23H,6-7,10,13,27H2,1-5H3,(H,28,32)/t21-,23?/m0/s1. The molecule has 1 saturated heterocycles. The number of nitrogens with two attached hydrogens (primary N) is 1. The van der Waals surface area contributed by atoms with Gasteiger partial charge >= 0.3 is 0 Å². The number of likely N-dealkylation sites (tertiary alicyclic amines) is 1. The third kappa shape index (κ3) is 5.73. The van der Waals surface area contributed by atoms with Crippen LogP contribution in [0.4, 0.5) is 0 Å². The van der Waals surface area contributed by atoms with E-state index in [1.54, 1.807) is 23.2 Å². The number of amides is 2. The molecule has 2 atom stereocenters. The third-order valence-electron chi connectivity index (χ3n) is 6.25. The van der Waals surface area contributed by atoms with Gasteiger partial charge in [0.05, 0.1) is 16.1 Å². The summed E-state index contributed by atoms with van der Waals surface area (Å²) in [6.07, 6.45) is 2.63. The summed E-state index contributed by atoms with van der Waals surface area (Å²) < 4.78 is 0. The van der Waals surface area contributed by atoms with E-state index >= 15 is 0 Å². The van der Waals surface area contributed by atoms with E-state index in [9.17, 15) is 14.4 Å². The number of rotatable bonds is 8. The number of carbonyl (C=O) groups excluding carboxylic acids is 3. The van der Waals surface area contributed by atoms with Crippen LogP contribution in [-0.2, 0) is 20.9 Å². The molecule has 0 aliphatic carbocycles. The minimum Gasteiger partial charge on any atom is -0.402 e. The maximum atomic E-state index is 13.3. The summed E-state index contributed by atoms with van der Waals surface area (Å²) in [6.45, 7) is 10.2. The van der Waals surface area contributed by atoms with E-state index < -0.39 is 12.0 Å². The molecule has 1 aliphatic rings. The topological polar surface area (TPSA) is 105 Å². The summed E-state index contributed by atoms with van der Waals surface area (Å²) in [4.78, 5) is 46.0. The Morgan fingerprint density at radius 2 is 2.03 bits per heavy atom. The molecule has 3 N–H and O–H groups in total. The Morgan fingerprint density at radius 1 is 1.29 bits per heavy atom. The lowest BCUT2D eigenvalue weighted by Crippen LogP contribution is -2.49. The Labute approximate surface area is 205 Å². The highest BCUT2D eigenvalue weighted by Crippen LogP contribution is 2.29. The molecular formula is C26H34N4O3S. The van der Waals surface area contributed by atoms with Crippen LogP contribution in [-0.4, -0.2) is 40.1 Å². The second-order valence-electron chi connectivity index (χ2n) is 9.33. The smallest absolute Gasteiger partial charge is 0.243 e. The van der Waals surface area contributed by atoms with Gasteiger partial charge in [0, 0.05) is 24.9 Å². The van der Waals surface area contributed by atoms with Gasteiger partial charge in [-0.15, -0.1) is 11.3 Å². The number of nitrogens with one attached hydrogen (secondary N) is 1. The van der Waals surface area contributed by atoms with Crippen LogP contribution in [0.1, 0.15) is 50.4 Å². The van der Waals surface area contributed by atoms with E-state index in [-0.39, 0.29) is 23.5 Å². The van der Waals surface area contributed by atoms with Crippen LogP contribution in [0.25, 0.3) is 10.4 Å². The van der Waals surface area contributed by atoms with Crippen molar-refractivity contribution in [2.45, 2.75) is 60.0 Å². The molecule has 1 aromatic carbocycles. The molecule has 34 heavy (non-hydrogen) atoms. The second-order valence-corrected chi connectivity index (χ2v) is 10.2. The average molecular weight is 483 g/mol. The van der Waals surface area contributed by atoms with E-state index in [1.807, 2.05) is 45.3 Å². The predicted octanol–water partition coefficient (Wildman–Crippen LogP) is 3.74. The van der Waals surface area contributed by atoms with Crippen LogP contribution in [0.2, 0.25) is 0 Å². The van der Waals surface area contributed by atoms with Gasteiger partial charge in [-0.25, -0.2) is 4.98 Å². The first kappa shape index (κ1) is 25.6. The molecule has 0 radical (unpaired) electrons. The Kier molecular flexibility index (Phi) is 8.25. The molecule has 2 amide bonds. The Morgan fingerprint density at radius 3 is 2.62 bits per heavy atom. The summed E-state index contributed by atoms with van der Waals surface area (Å²) in [7, 11) is 0. The molecular weight excluding hydrogens is 448 g/mol. The van der Waals surface area contributed by atoms with Crippen LogP contribution < -0.4 is 11.1 Å². The number of aromatic nitrogens is 1. The number of allylic oxidation sites excluding steroid dienone is 2. The summed E-state index contributed by atoms with van der Waals surface area (Å²) in [6, 6.07) is 5.62. The molecule has 7 nitrogen and oxygen atoms in total. The van der Waals surface area contributed by atoms with Gasteiger partial charge in [-0.3, -0.25) is 14.4 Å². The van der Waals surface area contributed by atoms with Crippen molar-refractivity contribution in [3.8, 4) is 10.4 Å². The molecule has 0 saturated carbocycles. The van der Waals surface area contributed by atoms with E-state index in [1.165, 1.54) is 6.08 Å². The van der Waals surface area contributed by atoms with Gasteiger partial charge in [-0.05, 0) is 56.2 Å². The van der Waals surface area contributed by atoms with Gasteiger partial charge in [0.25, 0.3) is 0 Å². The van der Waals surface area contributed by atoms with Crippen LogP contribution in [0.5, 0.6) is 0 Å². The summed E-state index contributed by atoms with van der Waals surface area (Å²) in [5.41, 5.74) is 12.1. The van der Waals surface area contributed by atoms with Gasteiger partial charge in [0.2, 0.25) is 11.8 Å². The highest BCUT2D eigenvalue weighted by molar-refractivity contribution is 7.13. The Hall–Kier alpha value is -3.00.